The van der Waals surface area contributed by atoms with Crippen LogP contribution in [-0.2, 0) is 74.0 Å². The van der Waals surface area contributed by atoms with Gasteiger partial charge in [0.1, 0.15) is 20.8 Å². The first kappa shape index (κ1) is 39.7. The standard InChI is InChI=1S/2C13H14N2O3S.C12H12N2O3S.C2H6/c1-16-11-10-8-2-3-13(17-4-5-18-13)6-9(8)19-12(10)15-7-14-11;1-15-7-14-11-10(12(15)16)8-2-3-13(6-9(8)19-11)17-4-5-18-13;15-10-9-7-1-2-12(16-3-4-17-12)5-8(7)18-11(9)14-6-13-10;1-2/h2*7H,2-6H2,1H3;6H,1-5H2,(H,13,14,15);1-2H3. The van der Waals surface area contributed by atoms with E-state index >= 15 is 0 Å². The van der Waals surface area contributed by atoms with Crippen LogP contribution >= 0.6 is 34.0 Å². The van der Waals surface area contributed by atoms with Gasteiger partial charge in [-0.2, -0.15) is 0 Å². The largest absolute Gasteiger partial charge is 0.480 e. The number of ether oxygens (including phenoxy) is 7. The van der Waals surface area contributed by atoms with Crippen LogP contribution in [0.3, 0.4) is 0 Å². The highest BCUT2D eigenvalue weighted by atomic mass is 32.1. The quantitative estimate of drug-likeness (QED) is 0.223. The Labute approximate surface area is 345 Å². The molecule has 1 N–H and O–H groups in total. The molecular weight excluding hydrogens is 805 g/mol. The second kappa shape index (κ2) is 16.0. The Balaban J connectivity index is 0.000000110. The van der Waals surface area contributed by atoms with Crippen molar-refractivity contribution in [2.45, 2.75) is 89.0 Å². The van der Waals surface area contributed by atoms with Crippen molar-refractivity contribution in [3.63, 3.8) is 0 Å². The van der Waals surface area contributed by atoms with E-state index in [9.17, 15) is 9.59 Å². The van der Waals surface area contributed by atoms with Crippen molar-refractivity contribution in [3.8, 4) is 5.88 Å². The third kappa shape index (κ3) is 7.09. The highest BCUT2D eigenvalue weighted by molar-refractivity contribution is 7.19. The van der Waals surface area contributed by atoms with Crippen molar-refractivity contribution in [1.29, 1.82) is 0 Å². The maximum Gasteiger partial charge on any atom is 0.262 e. The Kier molecular flexibility index (Phi) is 11.0. The normalized spacial score (nSPS) is 20.6. The van der Waals surface area contributed by atoms with Crippen LogP contribution < -0.4 is 15.9 Å². The number of hydrogen-bond donors (Lipinski definition) is 1. The lowest BCUT2D eigenvalue weighted by Gasteiger charge is -2.31. The van der Waals surface area contributed by atoms with Gasteiger partial charge in [0.05, 0.1) is 75.6 Å². The first-order valence-electron chi connectivity index (χ1n) is 19.8. The molecule has 308 valence electrons. The predicted molar refractivity (Wildman–Crippen MR) is 220 cm³/mol. The van der Waals surface area contributed by atoms with E-state index in [4.69, 9.17) is 33.2 Å². The average Bonchev–Trinajstić information content (AvgIpc) is 4.11. The molecule has 9 heterocycles. The van der Waals surface area contributed by atoms with Crippen LogP contribution in [-0.4, -0.2) is 93.6 Å². The fourth-order valence-corrected chi connectivity index (χ4v) is 12.6. The van der Waals surface area contributed by atoms with Gasteiger partial charge in [-0.05, 0) is 36.0 Å². The molecule has 18 heteroatoms. The lowest BCUT2D eigenvalue weighted by molar-refractivity contribution is -0.163. The summed E-state index contributed by atoms with van der Waals surface area (Å²) in [5, 5.41) is 2.61. The number of fused-ring (bicyclic) bond motifs is 9. The molecule has 0 bridgehead atoms. The maximum atomic E-state index is 12.2. The van der Waals surface area contributed by atoms with Crippen LogP contribution in [0.5, 0.6) is 5.88 Å². The first-order chi connectivity index (χ1) is 28.3. The molecule has 3 aliphatic carbocycles. The monoisotopic (exact) mass is 850 g/mol. The number of hydrogen-bond acceptors (Lipinski definition) is 16. The van der Waals surface area contributed by atoms with Gasteiger partial charge in [-0.3, -0.25) is 9.59 Å². The number of nitrogens with one attached hydrogen (secondary N) is 1. The van der Waals surface area contributed by atoms with Gasteiger partial charge in [0, 0.05) is 60.2 Å². The second-order valence-corrected chi connectivity index (χ2v) is 17.9. The maximum absolute atomic E-state index is 12.2. The molecule has 3 spiro atoms. The van der Waals surface area contributed by atoms with Crippen molar-refractivity contribution in [2.75, 3.05) is 46.8 Å². The molecule has 6 aromatic heterocycles. The topological polar surface area (TPSA) is 171 Å². The zero-order valence-corrected chi connectivity index (χ0v) is 35.4. The molecule has 6 aliphatic rings. The smallest absolute Gasteiger partial charge is 0.262 e. The third-order valence-electron chi connectivity index (χ3n) is 11.5. The van der Waals surface area contributed by atoms with Gasteiger partial charge in [-0.15, -0.1) is 34.0 Å². The van der Waals surface area contributed by atoms with Crippen molar-refractivity contribution in [2.24, 2.45) is 7.05 Å². The molecule has 3 saturated heterocycles. The molecule has 12 rings (SSSR count). The highest BCUT2D eigenvalue weighted by Gasteiger charge is 2.44. The Hall–Kier alpha value is -3.72. The highest BCUT2D eigenvalue weighted by Crippen LogP contribution is 2.45. The number of aromatic nitrogens is 6. The summed E-state index contributed by atoms with van der Waals surface area (Å²) in [6.07, 6.45) is 12.0. The molecule has 0 aromatic carbocycles. The minimum Gasteiger partial charge on any atom is -0.480 e. The summed E-state index contributed by atoms with van der Waals surface area (Å²) < 4.78 is 41.5. The number of rotatable bonds is 1. The zero-order valence-electron chi connectivity index (χ0n) is 33.0. The predicted octanol–water partition coefficient (Wildman–Crippen LogP) is 5.40. The fourth-order valence-electron chi connectivity index (χ4n) is 8.78. The lowest BCUT2D eigenvalue weighted by Crippen LogP contribution is -2.36. The summed E-state index contributed by atoms with van der Waals surface area (Å²) in [4.78, 5) is 50.2. The molecule has 6 aromatic rings. The van der Waals surface area contributed by atoms with Crippen molar-refractivity contribution < 1.29 is 33.2 Å². The van der Waals surface area contributed by atoms with Crippen molar-refractivity contribution in [1.82, 2.24) is 29.5 Å². The summed E-state index contributed by atoms with van der Waals surface area (Å²) in [5.41, 5.74) is 3.60. The van der Waals surface area contributed by atoms with Crippen LogP contribution in [0.2, 0.25) is 0 Å². The van der Waals surface area contributed by atoms with Crippen molar-refractivity contribution in [3.05, 3.63) is 71.0 Å². The summed E-state index contributed by atoms with van der Waals surface area (Å²) in [6, 6.07) is 0. The van der Waals surface area contributed by atoms with Gasteiger partial charge >= 0.3 is 0 Å². The van der Waals surface area contributed by atoms with Gasteiger partial charge in [0.2, 0.25) is 5.88 Å². The molecular formula is C40H46N6O9S3. The third-order valence-corrected chi connectivity index (χ3v) is 14.9. The summed E-state index contributed by atoms with van der Waals surface area (Å²) in [6.45, 7) is 8.06. The molecule has 0 radical (unpaired) electrons. The number of aromatic amines is 1. The number of H-pyrrole nitrogens is 1. The van der Waals surface area contributed by atoms with Crippen LogP contribution in [0.15, 0.2) is 28.6 Å². The SMILES string of the molecule is CC.COc1ncnc2sc3c(c12)CCC1(C3)OCCO1.Cn1cnc2sc3c(c2c1=O)CCC1(C3)OCCO1.O=c1[nH]cnc2sc3c(c12)CCC1(C3)OCCO1. The Bertz CT molecular complexity index is 2580. The Morgan fingerprint density at radius 1 is 0.638 bits per heavy atom. The molecule has 0 atom stereocenters. The molecule has 0 unspecified atom stereocenters. The number of nitrogens with zero attached hydrogens (tertiary/aromatic N) is 5. The summed E-state index contributed by atoms with van der Waals surface area (Å²) >= 11 is 4.88. The van der Waals surface area contributed by atoms with Crippen LogP contribution in [0, 0.1) is 0 Å². The Morgan fingerprint density at radius 3 is 1.59 bits per heavy atom. The summed E-state index contributed by atoms with van der Waals surface area (Å²) in [7, 11) is 3.39. The Morgan fingerprint density at radius 2 is 1.09 bits per heavy atom. The second-order valence-electron chi connectivity index (χ2n) is 14.7. The van der Waals surface area contributed by atoms with E-state index in [-0.39, 0.29) is 11.1 Å². The van der Waals surface area contributed by atoms with E-state index in [1.807, 2.05) is 13.8 Å². The van der Waals surface area contributed by atoms with Gasteiger partial charge in [-0.1, -0.05) is 13.8 Å². The molecule has 15 nitrogen and oxygen atoms in total. The zero-order chi connectivity index (χ0) is 40.1. The fraction of sp³-hybridized carbons (Fsp3) is 0.550. The number of thiophene rings is 3. The van der Waals surface area contributed by atoms with Gasteiger partial charge in [0.25, 0.3) is 11.1 Å². The van der Waals surface area contributed by atoms with Gasteiger partial charge in [0.15, 0.2) is 17.4 Å². The molecule has 58 heavy (non-hydrogen) atoms. The number of aryl methyl sites for hydroxylation is 4. The van der Waals surface area contributed by atoms with E-state index < -0.39 is 17.4 Å². The van der Waals surface area contributed by atoms with E-state index in [0.29, 0.717) is 45.5 Å². The number of methoxy groups -OCH3 is 1. The lowest BCUT2D eigenvalue weighted by atomic mass is 9.92. The first-order valence-corrected chi connectivity index (χ1v) is 22.3. The van der Waals surface area contributed by atoms with E-state index in [1.54, 1.807) is 65.4 Å². The van der Waals surface area contributed by atoms with E-state index in [0.717, 1.165) is 99.6 Å². The van der Waals surface area contributed by atoms with Gasteiger partial charge in [-0.25, -0.2) is 19.9 Å². The minimum atomic E-state index is -0.445. The van der Waals surface area contributed by atoms with E-state index in [2.05, 4.69) is 24.9 Å². The summed E-state index contributed by atoms with van der Waals surface area (Å²) in [5.74, 6) is -0.611. The van der Waals surface area contributed by atoms with Crippen LogP contribution in [0.1, 0.15) is 64.4 Å². The molecule has 0 saturated carbocycles. The molecule has 3 fully saturated rings. The van der Waals surface area contributed by atoms with Crippen LogP contribution in [0.25, 0.3) is 30.6 Å². The molecule has 3 aliphatic heterocycles. The average molecular weight is 851 g/mol. The van der Waals surface area contributed by atoms with Crippen LogP contribution in [0.4, 0.5) is 0 Å². The minimum absolute atomic E-state index is 0.0401. The molecule has 0 amide bonds. The van der Waals surface area contributed by atoms with Crippen molar-refractivity contribution >= 4 is 64.7 Å². The van der Waals surface area contributed by atoms with Gasteiger partial charge < -0.3 is 42.7 Å². The van der Waals surface area contributed by atoms with E-state index in [1.165, 1.54) is 26.5 Å².